The highest BCUT2D eigenvalue weighted by molar-refractivity contribution is 5.33. The van der Waals surface area contributed by atoms with Gasteiger partial charge in [0.15, 0.2) is 5.75 Å². The molecule has 1 heterocycles. The van der Waals surface area contributed by atoms with Crippen LogP contribution in [-0.4, -0.2) is 11.3 Å². The molecule has 5 heteroatoms. The van der Waals surface area contributed by atoms with Gasteiger partial charge < -0.3 is 4.74 Å². The van der Waals surface area contributed by atoms with E-state index in [0.717, 1.165) is 11.9 Å². The number of rotatable bonds is 3. The van der Waals surface area contributed by atoms with E-state index in [2.05, 4.69) is 9.72 Å². The van der Waals surface area contributed by atoms with Crippen molar-refractivity contribution < 1.29 is 17.9 Å². The predicted octanol–water partition coefficient (Wildman–Crippen LogP) is 3.67. The molecule has 0 unspecified atom stereocenters. The maximum atomic E-state index is 12.1. The summed E-state index contributed by atoms with van der Waals surface area (Å²) in [6, 6.07) is 1.66. The van der Waals surface area contributed by atoms with Gasteiger partial charge >= 0.3 is 6.36 Å². The van der Waals surface area contributed by atoms with Gasteiger partial charge in [-0.1, -0.05) is 20.8 Å². The topological polar surface area (TPSA) is 22.1 Å². The third-order valence-electron chi connectivity index (χ3n) is 2.17. The Labute approximate surface area is 92.5 Å². The third kappa shape index (κ3) is 3.40. The van der Waals surface area contributed by atoms with Crippen molar-refractivity contribution in [1.82, 2.24) is 4.98 Å². The van der Waals surface area contributed by atoms with Gasteiger partial charge in [0.2, 0.25) is 0 Å². The first-order valence-electron chi connectivity index (χ1n) is 5.08. The largest absolute Gasteiger partial charge is 0.573 e. The van der Waals surface area contributed by atoms with Crippen LogP contribution in [0.5, 0.6) is 5.75 Å². The third-order valence-corrected chi connectivity index (χ3v) is 2.17. The minimum absolute atomic E-state index is 0.185. The van der Waals surface area contributed by atoms with Crippen LogP contribution in [0.25, 0.3) is 0 Å². The molecule has 0 saturated carbocycles. The van der Waals surface area contributed by atoms with Crippen molar-refractivity contribution in [3.05, 3.63) is 23.5 Å². The fraction of sp³-hybridized carbons (Fsp3) is 0.545. The van der Waals surface area contributed by atoms with E-state index in [1.54, 1.807) is 13.0 Å². The van der Waals surface area contributed by atoms with Crippen molar-refractivity contribution >= 4 is 0 Å². The van der Waals surface area contributed by atoms with Gasteiger partial charge in [-0.25, -0.2) is 0 Å². The standard InChI is InChI=1S/C11H14F3NO/c1-4-8-5-9(7(2)3)15-6-10(8)16-11(12,13)14/h5-7H,4H2,1-3H3. The van der Waals surface area contributed by atoms with Crippen LogP contribution in [0.4, 0.5) is 13.2 Å². The highest BCUT2D eigenvalue weighted by atomic mass is 19.4. The van der Waals surface area contributed by atoms with Gasteiger partial charge in [-0.2, -0.15) is 0 Å². The summed E-state index contributed by atoms with van der Waals surface area (Å²) in [7, 11) is 0. The van der Waals surface area contributed by atoms with Crippen molar-refractivity contribution in [3.63, 3.8) is 0 Å². The van der Waals surface area contributed by atoms with Gasteiger partial charge in [0, 0.05) is 5.69 Å². The summed E-state index contributed by atoms with van der Waals surface area (Å²) in [5, 5.41) is 0. The highest BCUT2D eigenvalue weighted by Gasteiger charge is 2.32. The lowest BCUT2D eigenvalue weighted by molar-refractivity contribution is -0.275. The molecule has 16 heavy (non-hydrogen) atoms. The first kappa shape index (κ1) is 12.8. The minimum atomic E-state index is -4.66. The fourth-order valence-corrected chi connectivity index (χ4v) is 1.31. The van der Waals surface area contributed by atoms with Crippen LogP contribution in [-0.2, 0) is 6.42 Å². The number of ether oxygens (including phenoxy) is 1. The van der Waals surface area contributed by atoms with Gasteiger partial charge in [0.05, 0.1) is 6.20 Å². The maximum absolute atomic E-state index is 12.1. The molecule has 0 aliphatic carbocycles. The molecular formula is C11H14F3NO. The van der Waals surface area contributed by atoms with Crippen LogP contribution in [0.15, 0.2) is 12.3 Å². The molecule has 0 aliphatic heterocycles. The normalized spacial score (nSPS) is 11.9. The molecule has 1 rings (SSSR count). The van der Waals surface area contributed by atoms with Gasteiger partial charge in [-0.3, -0.25) is 4.98 Å². The van der Waals surface area contributed by atoms with Crippen LogP contribution in [0.1, 0.15) is 37.9 Å². The lowest BCUT2D eigenvalue weighted by Gasteiger charge is -2.14. The molecule has 0 amide bonds. The molecule has 0 spiro atoms. The molecule has 0 bridgehead atoms. The first-order chi connectivity index (χ1) is 7.33. The average Bonchev–Trinajstić information content (AvgIpc) is 2.15. The number of aryl methyl sites for hydroxylation is 1. The molecule has 0 aliphatic rings. The number of hydrogen-bond donors (Lipinski definition) is 0. The molecular weight excluding hydrogens is 219 g/mol. The molecule has 90 valence electrons. The van der Waals surface area contributed by atoms with Crippen molar-refractivity contribution in [1.29, 1.82) is 0 Å². The summed E-state index contributed by atoms with van der Waals surface area (Å²) in [5.74, 6) is -0.0235. The molecule has 1 aromatic rings. The van der Waals surface area contributed by atoms with Crippen molar-refractivity contribution in [2.24, 2.45) is 0 Å². The minimum Gasteiger partial charge on any atom is -0.404 e. The second-order valence-electron chi connectivity index (χ2n) is 3.77. The Morgan fingerprint density at radius 1 is 1.38 bits per heavy atom. The van der Waals surface area contributed by atoms with Gasteiger partial charge in [-0.15, -0.1) is 13.2 Å². The van der Waals surface area contributed by atoms with Gasteiger partial charge in [0.1, 0.15) is 0 Å². The Kier molecular flexibility index (Phi) is 3.78. The molecule has 0 saturated heterocycles. The van der Waals surface area contributed by atoms with E-state index in [1.165, 1.54) is 0 Å². The molecule has 0 atom stereocenters. The lowest BCUT2D eigenvalue weighted by atomic mass is 10.1. The molecule has 0 N–H and O–H groups in total. The van der Waals surface area contributed by atoms with Crippen molar-refractivity contribution in [3.8, 4) is 5.75 Å². The zero-order valence-corrected chi connectivity index (χ0v) is 9.43. The van der Waals surface area contributed by atoms with E-state index in [0.29, 0.717) is 12.0 Å². The number of alkyl halides is 3. The van der Waals surface area contributed by atoms with E-state index in [-0.39, 0.29) is 11.7 Å². The van der Waals surface area contributed by atoms with Gasteiger partial charge in [0.25, 0.3) is 0 Å². The maximum Gasteiger partial charge on any atom is 0.573 e. The first-order valence-corrected chi connectivity index (χ1v) is 5.08. The Morgan fingerprint density at radius 3 is 2.44 bits per heavy atom. The second-order valence-corrected chi connectivity index (χ2v) is 3.77. The number of pyridine rings is 1. The highest BCUT2D eigenvalue weighted by Crippen LogP contribution is 2.27. The Morgan fingerprint density at radius 2 is 2.00 bits per heavy atom. The molecule has 0 fully saturated rings. The number of nitrogens with zero attached hydrogens (tertiary/aromatic N) is 1. The zero-order chi connectivity index (χ0) is 12.3. The van der Waals surface area contributed by atoms with Gasteiger partial charge in [-0.05, 0) is 24.0 Å². The molecule has 0 aromatic carbocycles. The van der Waals surface area contributed by atoms with E-state index >= 15 is 0 Å². The summed E-state index contributed by atoms with van der Waals surface area (Å²) in [4.78, 5) is 3.95. The van der Waals surface area contributed by atoms with Crippen LogP contribution in [0.2, 0.25) is 0 Å². The van der Waals surface area contributed by atoms with E-state index < -0.39 is 6.36 Å². The summed E-state index contributed by atoms with van der Waals surface area (Å²) in [6.45, 7) is 5.65. The van der Waals surface area contributed by atoms with Crippen LogP contribution >= 0.6 is 0 Å². The monoisotopic (exact) mass is 233 g/mol. The number of aromatic nitrogens is 1. The average molecular weight is 233 g/mol. The van der Waals surface area contributed by atoms with Crippen molar-refractivity contribution in [2.75, 3.05) is 0 Å². The predicted molar refractivity (Wildman–Crippen MR) is 54.4 cm³/mol. The van der Waals surface area contributed by atoms with Crippen molar-refractivity contribution in [2.45, 2.75) is 39.5 Å². The number of halogens is 3. The van der Waals surface area contributed by atoms with E-state index in [1.807, 2.05) is 13.8 Å². The Bertz CT molecular complexity index is 361. The summed E-state index contributed by atoms with van der Waals surface area (Å²) >= 11 is 0. The van der Waals surface area contributed by atoms with Crippen LogP contribution in [0.3, 0.4) is 0 Å². The van der Waals surface area contributed by atoms with Crippen LogP contribution in [0, 0.1) is 0 Å². The Balaban J connectivity index is 3.02. The molecule has 1 aromatic heterocycles. The molecule has 2 nitrogen and oxygen atoms in total. The summed E-state index contributed by atoms with van der Waals surface area (Å²) in [6.07, 6.45) is -3.04. The quantitative estimate of drug-likeness (QED) is 0.794. The number of hydrogen-bond acceptors (Lipinski definition) is 2. The van der Waals surface area contributed by atoms with Crippen LogP contribution < -0.4 is 4.74 Å². The fourth-order valence-electron chi connectivity index (χ4n) is 1.31. The zero-order valence-electron chi connectivity index (χ0n) is 9.43. The lowest BCUT2D eigenvalue weighted by Crippen LogP contribution is -2.18. The van der Waals surface area contributed by atoms with E-state index in [4.69, 9.17) is 0 Å². The summed E-state index contributed by atoms with van der Waals surface area (Å²) < 4.78 is 40.1. The summed E-state index contributed by atoms with van der Waals surface area (Å²) in [5.41, 5.74) is 1.29. The molecule has 0 radical (unpaired) electrons. The Hall–Kier alpha value is -1.26. The second kappa shape index (κ2) is 4.72. The van der Waals surface area contributed by atoms with E-state index in [9.17, 15) is 13.2 Å². The smallest absolute Gasteiger partial charge is 0.404 e. The SMILES string of the molecule is CCc1cc(C(C)C)ncc1OC(F)(F)F.